The van der Waals surface area contributed by atoms with Gasteiger partial charge < -0.3 is 11.5 Å². The summed E-state index contributed by atoms with van der Waals surface area (Å²) < 4.78 is 0. The van der Waals surface area contributed by atoms with E-state index in [-0.39, 0.29) is 6.04 Å². The van der Waals surface area contributed by atoms with E-state index in [0.717, 1.165) is 12.1 Å². The van der Waals surface area contributed by atoms with Gasteiger partial charge in [0.1, 0.15) is 0 Å². The van der Waals surface area contributed by atoms with Gasteiger partial charge in [0.15, 0.2) is 0 Å². The molecule has 4 N–H and O–H groups in total. The number of nitrogens with two attached hydrogens (primary N) is 2. The number of anilines is 1. The molecule has 0 aliphatic rings. The lowest BCUT2D eigenvalue weighted by molar-refractivity contribution is 0.735. The highest BCUT2D eigenvalue weighted by molar-refractivity contribution is 5.44. The summed E-state index contributed by atoms with van der Waals surface area (Å²) in [5.74, 6) is 0. The average molecular weight is 164 g/mol. The molecule has 2 nitrogen and oxygen atoms in total. The molecule has 0 aliphatic heterocycles. The van der Waals surface area contributed by atoms with Crippen LogP contribution in [0.5, 0.6) is 0 Å². The molecule has 1 rings (SSSR count). The number of aryl methyl sites for hydroxylation is 1. The van der Waals surface area contributed by atoms with Gasteiger partial charge in [-0.1, -0.05) is 6.07 Å². The maximum atomic E-state index is 5.70. The molecule has 0 heterocycles. The first kappa shape index (κ1) is 9.07. The molecule has 0 aliphatic carbocycles. The van der Waals surface area contributed by atoms with E-state index in [2.05, 4.69) is 6.92 Å². The van der Waals surface area contributed by atoms with E-state index in [1.54, 1.807) is 0 Å². The van der Waals surface area contributed by atoms with Gasteiger partial charge in [0.25, 0.3) is 0 Å². The third-order valence-corrected chi connectivity index (χ3v) is 1.92. The number of benzene rings is 1. The van der Waals surface area contributed by atoms with Crippen LogP contribution in [0, 0.1) is 6.92 Å². The lowest BCUT2D eigenvalue weighted by Crippen LogP contribution is -2.18. The highest BCUT2D eigenvalue weighted by Crippen LogP contribution is 2.13. The summed E-state index contributed by atoms with van der Waals surface area (Å²) in [5, 5.41) is 0. The Balaban J connectivity index is 2.90. The predicted octanol–water partition coefficient (Wildman–Crippen LogP) is 1.47. The Kier molecular flexibility index (Phi) is 2.71. The van der Waals surface area contributed by atoms with Crippen molar-refractivity contribution in [2.45, 2.75) is 26.3 Å². The molecule has 0 radical (unpaired) electrons. The van der Waals surface area contributed by atoms with Gasteiger partial charge in [-0.25, -0.2) is 0 Å². The molecular weight excluding hydrogens is 148 g/mol. The SMILES string of the molecule is Cc1ccc(N)cc1C[C@H](C)N. The van der Waals surface area contributed by atoms with E-state index >= 15 is 0 Å². The molecule has 0 spiro atoms. The Morgan fingerprint density at radius 2 is 2.08 bits per heavy atom. The van der Waals surface area contributed by atoms with Crippen molar-refractivity contribution in [2.75, 3.05) is 5.73 Å². The van der Waals surface area contributed by atoms with Crippen LogP contribution < -0.4 is 11.5 Å². The van der Waals surface area contributed by atoms with Crippen molar-refractivity contribution in [3.05, 3.63) is 29.3 Å². The standard InChI is InChI=1S/C10H16N2/c1-7-3-4-10(12)6-9(7)5-8(2)11/h3-4,6,8H,5,11-12H2,1-2H3/t8-/m0/s1. The van der Waals surface area contributed by atoms with Gasteiger partial charge in [-0.05, 0) is 43.5 Å². The molecule has 0 aromatic heterocycles. The molecule has 0 saturated carbocycles. The Labute approximate surface area is 73.6 Å². The molecule has 0 saturated heterocycles. The van der Waals surface area contributed by atoms with Crippen LogP contribution in [-0.4, -0.2) is 6.04 Å². The van der Waals surface area contributed by atoms with Crippen LogP contribution >= 0.6 is 0 Å². The molecular formula is C10H16N2. The smallest absolute Gasteiger partial charge is 0.0316 e. The summed E-state index contributed by atoms with van der Waals surface area (Å²) in [5.41, 5.74) is 14.7. The van der Waals surface area contributed by atoms with Gasteiger partial charge in [-0.3, -0.25) is 0 Å². The van der Waals surface area contributed by atoms with Crippen molar-refractivity contribution in [1.82, 2.24) is 0 Å². The van der Waals surface area contributed by atoms with Gasteiger partial charge in [0.05, 0.1) is 0 Å². The fourth-order valence-electron chi connectivity index (χ4n) is 1.26. The summed E-state index contributed by atoms with van der Waals surface area (Å²) in [6.07, 6.45) is 0.900. The number of hydrogen-bond acceptors (Lipinski definition) is 2. The maximum Gasteiger partial charge on any atom is 0.0316 e. The van der Waals surface area contributed by atoms with E-state index < -0.39 is 0 Å². The highest BCUT2D eigenvalue weighted by Gasteiger charge is 2.01. The Morgan fingerprint density at radius 1 is 1.42 bits per heavy atom. The third kappa shape index (κ3) is 2.24. The second kappa shape index (κ2) is 3.59. The minimum atomic E-state index is 0.200. The first-order chi connectivity index (χ1) is 5.59. The van der Waals surface area contributed by atoms with E-state index in [1.165, 1.54) is 11.1 Å². The number of hydrogen-bond donors (Lipinski definition) is 2. The largest absolute Gasteiger partial charge is 0.399 e. The molecule has 0 bridgehead atoms. The zero-order valence-corrected chi connectivity index (χ0v) is 7.67. The topological polar surface area (TPSA) is 52.0 Å². The third-order valence-electron chi connectivity index (χ3n) is 1.92. The second-order valence-electron chi connectivity index (χ2n) is 3.37. The Bertz CT molecular complexity index is 267. The summed E-state index contributed by atoms with van der Waals surface area (Å²) >= 11 is 0. The molecule has 1 aromatic rings. The van der Waals surface area contributed by atoms with Gasteiger partial charge >= 0.3 is 0 Å². The first-order valence-corrected chi connectivity index (χ1v) is 4.20. The van der Waals surface area contributed by atoms with Crippen molar-refractivity contribution in [1.29, 1.82) is 0 Å². The molecule has 0 amide bonds. The summed E-state index contributed by atoms with van der Waals surface area (Å²) in [4.78, 5) is 0. The predicted molar refractivity (Wildman–Crippen MR) is 52.9 cm³/mol. The summed E-state index contributed by atoms with van der Waals surface area (Å²) in [6, 6.07) is 6.15. The Morgan fingerprint density at radius 3 is 2.67 bits per heavy atom. The van der Waals surface area contributed by atoms with Crippen LogP contribution in [0.2, 0.25) is 0 Å². The van der Waals surface area contributed by atoms with Crippen LogP contribution in [0.4, 0.5) is 5.69 Å². The second-order valence-corrected chi connectivity index (χ2v) is 3.37. The van der Waals surface area contributed by atoms with Crippen molar-refractivity contribution < 1.29 is 0 Å². The maximum absolute atomic E-state index is 5.70. The summed E-state index contributed by atoms with van der Waals surface area (Å²) in [6.45, 7) is 4.08. The molecule has 2 heteroatoms. The van der Waals surface area contributed by atoms with Crippen LogP contribution in [-0.2, 0) is 6.42 Å². The number of nitrogen functional groups attached to an aromatic ring is 1. The highest BCUT2D eigenvalue weighted by atomic mass is 14.6. The quantitative estimate of drug-likeness (QED) is 0.650. The van der Waals surface area contributed by atoms with Crippen LogP contribution in [0.25, 0.3) is 0 Å². The molecule has 1 aromatic carbocycles. The fourth-order valence-corrected chi connectivity index (χ4v) is 1.26. The van der Waals surface area contributed by atoms with Crippen molar-refractivity contribution in [3.63, 3.8) is 0 Å². The normalized spacial score (nSPS) is 12.9. The van der Waals surface area contributed by atoms with Gasteiger partial charge in [-0.2, -0.15) is 0 Å². The van der Waals surface area contributed by atoms with Crippen LogP contribution in [0.3, 0.4) is 0 Å². The zero-order chi connectivity index (χ0) is 9.14. The molecule has 0 unspecified atom stereocenters. The van der Waals surface area contributed by atoms with Crippen LogP contribution in [0.1, 0.15) is 18.1 Å². The van der Waals surface area contributed by atoms with E-state index in [0.29, 0.717) is 0 Å². The lowest BCUT2D eigenvalue weighted by atomic mass is 10.0. The summed E-state index contributed by atoms with van der Waals surface area (Å²) in [7, 11) is 0. The van der Waals surface area contributed by atoms with Crippen molar-refractivity contribution in [2.24, 2.45) is 5.73 Å². The molecule has 1 atom stereocenters. The fraction of sp³-hybridized carbons (Fsp3) is 0.400. The van der Waals surface area contributed by atoms with Crippen molar-refractivity contribution in [3.8, 4) is 0 Å². The van der Waals surface area contributed by atoms with Gasteiger partial charge in [0, 0.05) is 11.7 Å². The van der Waals surface area contributed by atoms with E-state index in [1.807, 2.05) is 25.1 Å². The molecule has 66 valence electrons. The van der Waals surface area contributed by atoms with Crippen LogP contribution in [0.15, 0.2) is 18.2 Å². The van der Waals surface area contributed by atoms with Crippen molar-refractivity contribution >= 4 is 5.69 Å². The van der Waals surface area contributed by atoms with Gasteiger partial charge in [-0.15, -0.1) is 0 Å². The number of rotatable bonds is 2. The van der Waals surface area contributed by atoms with E-state index in [4.69, 9.17) is 11.5 Å². The average Bonchev–Trinajstić information content (AvgIpc) is 1.96. The lowest BCUT2D eigenvalue weighted by Gasteiger charge is -2.09. The molecule has 0 fully saturated rings. The monoisotopic (exact) mass is 164 g/mol. The molecule has 12 heavy (non-hydrogen) atoms. The first-order valence-electron chi connectivity index (χ1n) is 4.20. The zero-order valence-electron chi connectivity index (χ0n) is 7.67. The Hall–Kier alpha value is -1.02. The minimum absolute atomic E-state index is 0.200. The van der Waals surface area contributed by atoms with Gasteiger partial charge in [0.2, 0.25) is 0 Å². The van der Waals surface area contributed by atoms with E-state index in [9.17, 15) is 0 Å². The minimum Gasteiger partial charge on any atom is -0.399 e.